The largest absolute Gasteiger partial charge is 0.459 e. The predicted molar refractivity (Wildman–Crippen MR) is 140 cm³/mol. The summed E-state index contributed by atoms with van der Waals surface area (Å²) in [6.45, 7) is 6.15. The molecule has 2 aromatic rings. The Morgan fingerprint density at radius 3 is 2.49 bits per heavy atom. The Morgan fingerprint density at radius 2 is 1.87 bits per heavy atom. The molecule has 2 aliphatic heterocycles. The van der Waals surface area contributed by atoms with Crippen molar-refractivity contribution in [2.24, 2.45) is 0 Å². The first-order valence-electron chi connectivity index (χ1n) is 12.3. The van der Waals surface area contributed by atoms with E-state index in [4.69, 9.17) is 10.00 Å². The van der Waals surface area contributed by atoms with Crippen molar-refractivity contribution in [2.75, 3.05) is 18.0 Å². The van der Waals surface area contributed by atoms with Crippen LogP contribution in [0.2, 0.25) is 0 Å². The molecule has 3 amide bonds. The number of hydrogen-bond donors (Lipinski definition) is 1. The normalized spacial score (nSPS) is 17.8. The molecular formula is C29H28F2N4O4. The van der Waals surface area contributed by atoms with E-state index in [1.54, 1.807) is 45.0 Å². The first-order chi connectivity index (χ1) is 18.3. The van der Waals surface area contributed by atoms with Gasteiger partial charge in [0.2, 0.25) is 0 Å². The van der Waals surface area contributed by atoms with Gasteiger partial charge in [0.05, 0.1) is 41.2 Å². The van der Waals surface area contributed by atoms with E-state index in [1.807, 2.05) is 6.07 Å². The molecule has 10 heteroatoms. The second-order valence-corrected chi connectivity index (χ2v) is 10.2. The van der Waals surface area contributed by atoms with E-state index in [-0.39, 0.29) is 35.6 Å². The smallest absolute Gasteiger partial charge is 0.327 e. The van der Waals surface area contributed by atoms with Crippen LogP contribution in [0.5, 0.6) is 0 Å². The molecule has 8 nitrogen and oxygen atoms in total. The number of benzene rings is 2. The Kier molecular flexibility index (Phi) is 7.29. The summed E-state index contributed by atoms with van der Waals surface area (Å²) in [5, 5.41) is 11.9. The van der Waals surface area contributed by atoms with Gasteiger partial charge in [-0.15, -0.1) is 0 Å². The number of allylic oxidation sites excluding steroid dienone is 2. The van der Waals surface area contributed by atoms with Crippen LogP contribution in [-0.4, -0.2) is 41.5 Å². The molecule has 0 fully saturated rings. The maximum Gasteiger partial charge on any atom is 0.327 e. The number of rotatable bonds is 6. The van der Waals surface area contributed by atoms with Crippen molar-refractivity contribution in [1.82, 2.24) is 10.2 Å². The van der Waals surface area contributed by atoms with E-state index < -0.39 is 35.5 Å². The monoisotopic (exact) mass is 534 g/mol. The number of urea groups is 1. The number of alkyl halides is 2. The molecular weight excluding hydrogens is 506 g/mol. The lowest BCUT2D eigenvalue weighted by atomic mass is 9.94. The quantitative estimate of drug-likeness (QED) is 0.418. The first-order valence-corrected chi connectivity index (χ1v) is 12.3. The fraction of sp³-hybridized carbons (Fsp3) is 0.310. The molecule has 1 atom stereocenters. The molecule has 39 heavy (non-hydrogen) atoms. The van der Waals surface area contributed by atoms with Crippen LogP contribution < -0.4 is 10.2 Å². The van der Waals surface area contributed by atoms with Crippen molar-refractivity contribution in [3.8, 4) is 6.07 Å². The Balaban J connectivity index is 1.78. The van der Waals surface area contributed by atoms with Gasteiger partial charge >= 0.3 is 12.0 Å². The average molecular weight is 535 g/mol. The van der Waals surface area contributed by atoms with E-state index in [0.29, 0.717) is 11.1 Å². The summed E-state index contributed by atoms with van der Waals surface area (Å²) in [4.78, 5) is 42.1. The summed E-state index contributed by atoms with van der Waals surface area (Å²) in [5.41, 5.74) is 0.487. The number of nitrogens with one attached hydrogen (secondary N) is 1. The molecule has 0 radical (unpaired) electrons. The molecule has 0 spiro atoms. The summed E-state index contributed by atoms with van der Waals surface area (Å²) in [5.74, 6) is -4.39. The Hall–Kier alpha value is -4.52. The van der Waals surface area contributed by atoms with Gasteiger partial charge in [0.1, 0.15) is 12.1 Å². The predicted octanol–water partition coefficient (Wildman–Crippen LogP) is 4.94. The summed E-state index contributed by atoms with van der Waals surface area (Å²) in [6, 6.07) is 12.3. The van der Waals surface area contributed by atoms with Crippen LogP contribution in [0.15, 0.2) is 72.0 Å². The molecule has 0 aromatic heterocycles. The van der Waals surface area contributed by atoms with Crippen molar-refractivity contribution in [3.05, 3.63) is 88.6 Å². The molecule has 0 saturated carbocycles. The van der Waals surface area contributed by atoms with Gasteiger partial charge in [-0.05, 0) is 63.6 Å². The third-order valence-corrected chi connectivity index (χ3v) is 6.18. The van der Waals surface area contributed by atoms with Gasteiger partial charge in [0.15, 0.2) is 0 Å². The summed E-state index contributed by atoms with van der Waals surface area (Å²) < 4.78 is 34.7. The van der Waals surface area contributed by atoms with Crippen molar-refractivity contribution < 1.29 is 27.9 Å². The topological polar surface area (TPSA) is 103 Å². The van der Waals surface area contributed by atoms with Crippen molar-refractivity contribution >= 4 is 23.6 Å². The van der Waals surface area contributed by atoms with E-state index in [1.165, 1.54) is 47.1 Å². The fourth-order valence-electron chi connectivity index (χ4n) is 4.58. The SMILES string of the molecule is C/C=C/C(F)(F)c1cccc(N2C(=O)N[C@H](c3ccc(C#N)cc3)C3=C2CN(CC(=O)OC(C)(C)C)C3=O)c1. The minimum Gasteiger partial charge on any atom is -0.459 e. The maximum atomic E-state index is 14.7. The first kappa shape index (κ1) is 27.5. The lowest BCUT2D eigenvalue weighted by Crippen LogP contribution is -2.47. The van der Waals surface area contributed by atoms with Crippen LogP contribution >= 0.6 is 0 Å². The van der Waals surface area contributed by atoms with Gasteiger partial charge in [0, 0.05) is 5.56 Å². The van der Waals surface area contributed by atoms with Crippen LogP contribution in [0, 0.1) is 11.3 Å². The molecule has 1 N–H and O–H groups in total. The number of ether oxygens (including phenoxy) is 1. The molecule has 0 bridgehead atoms. The maximum absolute atomic E-state index is 14.7. The second-order valence-electron chi connectivity index (χ2n) is 10.2. The highest BCUT2D eigenvalue weighted by Crippen LogP contribution is 2.40. The summed E-state index contributed by atoms with van der Waals surface area (Å²) >= 11 is 0. The number of nitriles is 1. The lowest BCUT2D eigenvalue weighted by molar-refractivity contribution is -0.157. The molecule has 4 rings (SSSR count). The molecule has 2 aromatic carbocycles. The standard InChI is InChI=1S/C29H28F2N4O4/c1-5-13-29(30,31)20-7-6-8-21(14-20)35-22-16-34(17-23(36)39-28(2,3)4)26(37)24(22)25(33-27(35)38)19-11-9-18(15-32)10-12-19/h5-14,25H,16-17H2,1-4H3,(H,33,38)/b13-5+/t25-/m1/s1. The van der Waals surface area contributed by atoms with E-state index in [0.717, 1.165) is 6.08 Å². The highest BCUT2D eigenvalue weighted by molar-refractivity contribution is 6.08. The number of halogens is 2. The number of anilines is 1. The van der Waals surface area contributed by atoms with Crippen molar-refractivity contribution in [2.45, 2.75) is 45.3 Å². The van der Waals surface area contributed by atoms with E-state index in [2.05, 4.69) is 5.32 Å². The third-order valence-electron chi connectivity index (χ3n) is 6.18. The number of carbonyl (C=O) groups excluding carboxylic acids is 3. The minimum atomic E-state index is -3.27. The molecule has 0 aliphatic carbocycles. The average Bonchev–Trinajstić information content (AvgIpc) is 3.17. The summed E-state index contributed by atoms with van der Waals surface area (Å²) in [7, 11) is 0. The number of esters is 1. The zero-order valence-electron chi connectivity index (χ0n) is 22.0. The summed E-state index contributed by atoms with van der Waals surface area (Å²) in [6.07, 6.45) is 2.00. The number of nitrogens with zero attached hydrogens (tertiary/aromatic N) is 3. The van der Waals surface area contributed by atoms with Crippen LogP contribution in [0.3, 0.4) is 0 Å². The number of amides is 3. The van der Waals surface area contributed by atoms with Gasteiger partial charge in [-0.3, -0.25) is 14.5 Å². The molecule has 0 saturated heterocycles. The van der Waals surface area contributed by atoms with Crippen LogP contribution in [0.25, 0.3) is 0 Å². The van der Waals surface area contributed by atoms with Gasteiger partial charge in [-0.2, -0.15) is 14.0 Å². The van der Waals surface area contributed by atoms with E-state index >= 15 is 0 Å². The highest BCUT2D eigenvalue weighted by Gasteiger charge is 2.45. The molecule has 2 heterocycles. The number of hydrogen-bond acceptors (Lipinski definition) is 5. The molecule has 0 unspecified atom stereocenters. The zero-order valence-corrected chi connectivity index (χ0v) is 22.0. The third kappa shape index (κ3) is 5.67. The van der Waals surface area contributed by atoms with Gasteiger partial charge < -0.3 is 15.0 Å². The van der Waals surface area contributed by atoms with Gasteiger partial charge in [-0.1, -0.05) is 30.3 Å². The van der Waals surface area contributed by atoms with E-state index in [9.17, 15) is 23.2 Å². The highest BCUT2D eigenvalue weighted by atomic mass is 19.3. The van der Waals surface area contributed by atoms with Crippen LogP contribution in [0.4, 0.5) is 19.3 Å². The zero-order chi connectivity index (χ0) is 28.5. The Labute approximate surface area is 225 Å². The Bertz CT molecular complexity index is 1420. The second kappa shape index (κ2) is 10.3. The Morgan fingerprint density at radius 1 is 1.18 bits per heavy atom. The van der Waals surface area contributed by atoms with Crippen molar-refractivity contribution in [1.29, 1.82) is 5.26 Å². The minimum absolute atomic E-state index is 0.108. The van der Waals surface area contributed by atoms with Crippen LogP contribution in [-0.2, 0) is 20.2 Å². The molecule has 2 aliphatic rings. The van der Waals surface area contributed by atoms with Crippen LogP contribution in [0.1, 0.15) is 50.4 Å². The van der Waals surface area contributed by atoms with Gasteiger partial charge in [0.25, 0.3) is 11.8 Å². The molecule has 202 valence electrons. The van der Waals surface area contributed by atoms with Gasteiger partial charge in [-0.25, -0.2) is 4.79 Å². The van der Waals surface area contributed by atoms with Crippen molar-refractivity contribution in [3.63, 3.8) is 0 Å². The fourth-order valence-corrected chi connectivity index (χ4v) is 4.58. The lowest BCUT2D eigenvalue weighted by Gasteiger charge is -2.34. The number of carbonyl (C=O) groups is 3.